The van der Waals surface area contributed by atoms with Crippen LogP contribution in [0.4, 0.5) is 0 Å². The molecule has 3 rings (SSSR count). The van der Waals surface area contributed by atoms with Gasteiger partial charge in [-0.15, -0.1) is 5.10 Å². The summed E-state index contributed by atoms with van der Waals surface area (Å²) in [6.07, 6.45) is 3.11. The molecule has 0 aliphatic carbocycles. The lowest BCUT2D eigenvalue weighted by molar-refractivity contribution is -0.135. The van der Waals surface area contributed by atoms with Crippen molar-refractivity contribution in [2.45, 2.75) is 12.7 Å². The van der Waals surface area contributed by atoms with Crippen LogP contribution in [0.5, 0.6) is 5.75 Å². The molecule has 0 unspecified atom stereocenters. The fourth-order valence-corrected chi connectivity index (χ4v) is 3.06. The topological polar surface area (TPSA) is 108 Å². The summed E-state index contributed by atoms with van der Waals surface area (Å²) in [4.78, 5) is 23.1. The second kappa shape index (κ2) is 10.0. The summed E-state index contributed by atoms with van der Waals surface area (Å²) in [5, 5.41) is 10.7. The van der Waals surface area contributed by atoms with E-state index in [1.165, 1.54) is 13.3 Å². The van der Waals surface area contributed by atoms with E-state index in [4.69, 9.17) is 14.2 Å². The van der Waals surface area contributed by atoms with E-state index in [0.29, 0.717) is 32.0 Å². The van der Waals surface area contributed by atoms with Crippen LogP contribution in [0.1, 0.15) is 12.0 Å². The lowest BCUT2D eigenvalue weighted by Gasteiger charge is -2.10. The molecule has 0 saturated carbocycles. The van der Waals surface area contributed by atoms with Gasteiger partial charge >= 0.3 is 5.97 Å². The second-order valence-corrected chi connectivity index (χ2v) is 6.65. The largest absolute Gasteiger partial charge is 0.493 e. The fourth-order valence-electron chi connectivity index (χ4n) is 2.32. The van der Waals surface area contributed by atoms with Crippen molar-refractivity contribution in [1.29, 1.82) is 0 Å². The number of hydrogen-bond acceptors (Lipinski definition) is 9. The normalized spacial score (nSPS) is 20.2. The van der Waals surface area contributed by atoms with Gasteiger partial charge in [0.05, 0.1) is 38.1 Å². The number of carbonyl (C=O) groups is 2. The van der Waals surface area contributed by atoms with Crippen molar-refractivity contribution in [1.82, 2.24) is 5.32 Å². The minimum absolute atomic E-state index is 0.196. The lowest BCUT2D eigenvalue weighted by atomic mass is 10.2. The van der Waals surface area contributed by atoms with Crippen molar-refractivity contribution in [3.05, 3.63) is 40.8 Å². The van der Waals surface area contributed by atoms with Gasteiger partial charge in [0.15, 0.2) is 11.5 Å². The molecule has 9 nitrogen and oxygen atoms in total. The van der Waals surface area contributed by atoms with E-state index in [1.807, 2.05) is 24.3 Å². The predicted octanol–water partition coefficient (Wildman–Crippen LogP) is 1.44. The lowest BCUT2D eigenvalue weighted by Crippen LogP contribution is -2.19. The van der Waals surface area contributed by atoms with Crippen LogP contribution in [0.2, 0.25) is 0 Å². The third-order valence-electron chi connectivity index (χ3n) is 3.63. The summed E-state index contributed by atoms with van der Waals surface area (Å²) in [5.41, 5.74) is 0.787. The van der Waals surface area contributed by atoms with Gasteiger partial charge in [-0.1, -0.05) is 12.1 Å². The average Bonchev–Trinajstić information content (AvgIpc) is 3.32. The SMILES string of the molecule is COC(=O)/C=C1/S/C(=N\N=Cc2cccc(OCCC3OCCO3)c2)NC1=O. The van der Waals surface area contributed by atoms with Crippen LogP contribution in [0.3, 0.4) is 0 Å². The molecular formula is C18H19N3O6S. The number of carbonyl (C=O) groups excluding carboxylic acids is 2. The van der Waals surface area contributed by atoms with Gasteiger partial charge in [-0.05, 0) is 29.5 Å². The van der Waals surface area contributed by atoms with Gasteiger partial charge in [0.1, 0.15) is 5.75 Å². The number of rotatable bonds is 7. The Morgan fingerprint density at radius 1 is 1.39 bits per heavy atom. The first kappa shape index (κ1) is 20.1. The highest BCUT2D eigenvalue weighted by atomic mass is 32.2. The number of nitrogens with zero attached hydrogens (tertiary/aromatic N) is 2. The van der Waals surface area contributed by atoms with Crippen LogP contribution in [-0.4, -0.2) is 56.5 Å². The molecule has 0 spiro atoms. The Hall–Kier alpha value is -2.69. The first-order valence-corrected chi connectivity index (χ1v) is 9.31. The molecule has 2 aliphatic heterocycles. The number of hydrogen-bond donors (Lipinski definition) is 1. The van der Waals surface area contributed by atoms with E-state index in [9.17, 15) is 9.59 Å². The van der Waals surface area contributed by atoms with E-state index >= 15 is 0 Å². The quantitative estimate of drug-likeness (QED) is 0.316. The molecule has 1 N–H and O–H groups in total. The molecule has 148 valence electrons. The van der Waals surface area contributed by atoms with Gasteiger partial charge in [0.25, 0.3) is 5.91 Å². The molecule has 1 aromatic carbocycles. The van der Waals surface area contributed by atoms with Crippen LogP contribution < -0.4 is 10.1 Å². The van der Waals surface area contributed by atoms with Crippen LogP contribution in [0, 0.1) is 0 Å². The van der Waals surface area contributed by atoms with E-state index < -0.39 is 11.9 Å². The van der Waals surface area contributed by atoms with Crippen LogP contribution in [0.25, 0.3) is 0 Å². The molecular weight excluding hydrogens is 386 g/mol. The molecule has 1 amide bonds. The molecule has 2 saturated heterocycles. The molecule has 2 fully saturated rings. The highest BCUT2D eigenvalue weighted by molar-refractivity contribution is 8.18. The van der Waals surface area contributed by atoms with Crippen molar-refractivity contribution in [2.75, 3.05) is 26.9 Å². The summed E-state index contributed by atoms with van der Waals surface area (Å²) in [7, 11) is 1.24. The Morgan fingerprint density at radius 2 is 2.21 bits per heavy atom. The van der Waals surface area contributed by atoms with Crippen molar-refractivity contribution >= 4 is 35.0 Å². The third kappa shape index (κ3) is 5.91. The maximum absolute atomic E-state index is 11.7. The van der Waals surface area contributed by atoms with Gasteiger partial charge in [-0.3, -0.25) is 10.1 Å². The third-order valence-corrected chi connectivity index (χ3v) is 4.53. The molecule has 0 bridgehead atoms. The summed E-state index contributed by atoms with van der Waals surface area (Å²) in [5.74, 6) is -0.332. The summed E-state index contributed by atoms with van der Waals surface area (Å²) >= 11 is 1.01. The molecule has 0 radical (unpaired) electrons. The van der Waals surface area contributed by atoms with E-state index in [0.717, 1.165) is 23.4 Å². The number of methoxy groups -OCH3 is 1. The van der Waals surface area contributed by atoms with Crippen molar-refractivity contribution < 1.29 is 28.5 Å². The Bertz CT molecular complexity index is 817. The molecule has 0 atom stereocenters. The van der Waals surface area contributed by atoms with Crippen molar-refractivity contribution in [3.8, 4) is 5.75 Å². The molecule has 28 heavy (non-hydrogen) atoms. The minimum atomic E-state index is -0.606. The summed E-state index contributed by atoms with van der Waals surface area (Å²) in [6, 6.07) is 7.36. The highest BCUT2D eigenvalue weighted by Crippen LogP contribution is 2.23. The Labute approximate surface area is 165 Å². The predicted molar refractivity (Wildman–Crippen MR) is 103 cm³/mol. The molecule has 2 heterocycles. The Balaban J connectivity index is 1.52. The first-order valence-electron chi connectivity index (χ1n) is 8.50. The van der Waals surface area contributed by atoms with Crippen molar-refractivity contribution in [3.63, 3.8) is 0 Å². The second-order valence-electron chi connectivity index (χ2n) is 5.62. The van der Waals surface area contributed by atoms with Gasteiger partial charge in [0.2, 0.25) is 0 Å². The van der Waals surface area contributed by atoms with Crippen LogP contribution in [0.15, 0.2) is 45.4 Å². The number of amidine groups is 1. The van der Waals surface area contributed by atoms with Gasteiger partial charge in [0, 0.05) is 12.5 Å². The number of thioether (sulfide) groups is 1. The van der Waals surface area contributed by atoms with Crippen molar-refractivity contribution in [2.24, 2.45) is 10.2 Å². The molecule has 2 aliphatic rings. The smallest absolute Gasteiger partial charge is 0.331 e. The number of ether oxygens (including phenoxy) is 4. The number of nitrogens with one attached hydrogen (secondary N) is 1. The standard InChI is InChI=1S/C18H19N3O6S/c1-24-15(22)10-14-17(23)20-18(28-14)21-19-11-12-3-2-4-13(9-12)25-6-5-16-26-7-8-27-16/h2-4,9-11,16H,5-8H2,1H3,(H,20,21,23)/b14-10+,19-11?. The summed E-state index contributed by atoms with van der Waals surface area (Å²) in [6.45, 7) is 1.72. The van der Waals surface area contributed by atoms with Crippen LogP contribution >= 0.6 is 11.8 Å². The van der Waals surface area contributed by atoms with E-state index in [1.54, 1.807) is 0 Å². The van der Waals surface area contributed by atoms with E-state index in [-0.39, 0.29) is 16.4 Å². The zero-order valence-corrected chi connectivity index (χ0v) is 15.9. The Morgan fingerprint density at radius 3 is 3.00 bits per heavy atom. The summed E-state index contributed by atoms with van der Waals surface area (Å²) < 4.78 is 20.9. The highest BCUT2D eigenvalue weighted by Gasteiger charge is 2.25. The van der Waals surface area contributed by atoms with Gasteiger partial charge in [-0.25, -0.2) is 4.79 Å². The molecule has 10 heteroatoms. The zero-order valence-electron chi connectivity index (χ0n) is 15.1. The Kier molecular flexibility index (Phi) is 7.18. The maximum Gasteiger partial charge on any atom is 0.331 e. The van der Waals surface area contributed by atoms with Crippen LogP contribution in [-0.2, 0) is 23.8 Å². The molecule has 0 aromatic heterocycles. The maximum atomic E-state index is 11.7. The number of esters is 1. The minimum Gasteiger partial charge on any atom is -0.493 e. The fraction of sp³-hybridized carbons (Fsp3) is 0.333. The first-order chi connectivity index (χ1) is 13.6. The van der Waals surface area contributed by atoms with Gasteiger partial charge in [-0.2, -0.15) is 5.10 Å². The average molecular weight is 405 g/mol. The zero-order chi connectivity index (χ0) is 19.8. The van der Waals surface area contributed by atoms with Gasteiger partial charge < -0.3 is 18.9 Å². The number of amides is 1. The number of benzene rings is 1. The monoisotopic (exact) mass is 405 g/mol. The molecule has 1 aromatic rings. The van der Waals surface area contributed by atoms with E-state index in [2.05, 4.69) is 20.3 Å².